The number of carbonyl (C=O) groups excluding carboxylic acids is 1. The highest BCUT2D eigenvalue weighted by Gasteiger charge is 2.00. The highest BCUT2D eigenvalue weighted by atomic mass is 79.9. The molecule has 0 saturated carbocycles. The molecule has 0 atom stereocenters. The van der Waals surface area contributed by atoms with Gasteiger partial charge in [-0.05, 0) is 24.3 Å². The number of nitrogens with zero attached hydrogens (tertiary/aromatic N) is 1. The first-order chi connectivity index (χ1) is 8.24. The lowest BCUT2D eigenvalue weighted by atomic mass is 10.1. The van der Waals surface area contributed by atoms with E-state index in [1.54, 1.807) is 12.4 Å². The number of hydrogen-bond donors (Lipinski definition) is 0. The Morgan fingerprint density at radius 3 is 2.06 bits per heavy atom. The van der Waals surface area contributed by atoms with Crippen LogP contribution in [0.1, 0.15) is 23.7 Å². The number of aromatic nitrogens is 1. The van der Waals surface area contributed by atoms with Gasteiger partial charge in [-0.25, -0.2) is 0 Å². The smallest absolute Gasteiger partial charge is 0.162 e. The zero-order valence-electron chi connectivity index (χ0n) is 9.64. The average molecular weight is 292 g/mol. The standard InChI is InChI=1S/C9H9BrO.C5H5N/c1-2-9(11)7-3-5-8(10)6-4-7;1-2-4-6-5-3-1/h3-6H,2H2,1H3;1-5H. The monoisotopic (exact) mass is 291 g/mol. The summed E-state index contributed by atoms with van der Waals surface area (Å²) in [6, 6.07) is 13.1. The van der Waals surface area contributed by atoms with E-state index in [1.807, 2.05) is 49.4 Å². The molecule has 0 aliphatic carbocycles. The number of rotatable bonds is 2. The summed E-state index contributed by atoms with van der Waals surface area (Å²) in [6.07, 6.45) is 4.07. The van der Waals surface area contributed by atoms with Gasteiger partial charge in [-0.1, -0.05) is 41.1 Å². The Balaban J connectivity index is 0.000000202. The van der Waals surface area contributed by atoms with Gasteiger partial charge in [0.1, 0.15) is 0 Å². The van der Waals surface area contributed by atoms with Gasteiger partial charge in [0, 0.05) is 28.9 Å². The van der Waals surface area contributed by atoms with Crippen molar-refractivity contribution in [3.63, 3.8) is 0 Å². The number of carbonyl (C=O) groups is 1. The average Bonchev–Trinajstić information content (AvgIpc) is 2.41. The molecule has 2 aromatic rings. The normalized spacial score (nSPS) is 9.06. The Hall–Kier alpha value is -1.48. The summed E-state index contributed by atoms with van der Waals surface area (Å²) in [5, 5.41) is 0. The third-order valence-electron chi connectivity index (χ3n) is 2.05. The number of benzene rings is 1. The molecule has 0 amide bonds. The van der Waals surface area contributed by atoms with Gasteiger partial charge in [-0.3, -0.25) is 9.78 Å². The van der Waals surface area contributed by atoms with Crippen molar-refractivity contribution in [3.8, 4) is 0 Å². The molecule has 0 radical (unpaired) electrons. The van der Waals surface area contributed by atoms with Crippen LogP contribution in [0.25, 0.3) is 0 Å². The van der Waals surface area contributed by atoms with E-state index in [-0.39, 0.29) is 5.78 Å². The van der Waals surface area contributed by atoms with Crippen molar-refractivity contribution in [3.05, 3.63) is 64.9 Å². The molecule has 1 aromatic carbocycles. The molecule has 1 heterocycles. The SMILES string of the molecule is CCC(=O)c1ccc(Br)cc1.c1ccncc1. The summed E-state index contributed by atoms with van der Waals surface area (Å²) in [7, 11) is 0. The Bertz CT molecular complexity index is 413. The fourth-order valence-corrected chi connectivity index (χ4v) is 1.42. The first kappa shape index (κ1) is 13.6. The second-order valence-electron chi connectivity index (χ2n) is 3.31. The van der Waals surface area contributed by atoms with Crippen LogP contribution in [0.15, 0.2) is 59.3 Å². The lowest BCUT2D eigenvalue weighted by Crippen LogP contribution is -1.94. The Morgan fingerprint density at radius 2 is 1.71 bits per heavy atom. The fourth-order valence-electron chi connectivity index (χ4n) is 1.15. The summed E-state index contributed by atoms with van der Waals surface area (Å²) >= 11 is 3.31. The Labute approximate surface area is 110 Å². The molecule has 0 aliphatic heterocycles. The maximum atomic E-state index is 11.1. The minimum Gasteiger partial charge on any atom is -0.294 e. The second-order valence-corrected chi connectivity index (χ2v) is 4.22. The van der Waals surface area contributed by atoms with Gasteiger partial charge in [0.15, 0.2) is 5.78 Å². The zero-order valence-corrected chi connectivity index (χ0v) is 11.2. The van der Waals surface area contributed by atoms with Crippen LogP contribution in [0, 0.1) is 0 Å². The molecule has 1 aromatic heterocycles. The number of ketones is 1. The van der Waals surface area contributed by atoms with E-state index in [4.69, 9.17) is 0 Å². The van der Waals surface area contributed by atoms with Crippen molar-refractivity contribution in [2.24, 2.45) is 0 Å². The molecule has 0 spiro atoms. The first-order valence-corrected chi connectivity index (χ1v) is 6.17. The van der Waals surface area contributed by atoms with Crippen molar-refractivity contribution in [2.75, 3.05) is 0 Å². The largest absolute Gasteiger partial charge is 0.294 e. The molecule has 0 fully saturated rings. The Morgan fingerprint density at radius 1 is 1.12 bits per heavy atom. The molecular formula is C14H14BrNO. The van der Waals surface area contributed by atoms with Gasteiger partial charge in [0.2, 0.25) is 0 Å². The molecule has 3 heteroatoms. The van der Waals surface area contributed by atoms with E-state index in [1.165, 1.54) is 0 Å². The maximum Gasteiger partial charge on any atom is 0.162 e. The number of halogens is 1. The van der Waals surface area contributed by atoms with Crippen LogP contribution >= 0.6 is 15.9 Å². The second kappa shape index (κ2) is 7.74. The molecule has 0 saturated heterocycles. The molecule has 2 rings (SSSR count). The highest BCUT2D eigenvalue weighted by Crippen LogP contribution is 2.11. The molecule has 2 nitrogen and oxygen atoms in total. The van der Waals surface area contributed by atoms with Crippen LogP contribution in [0.5, 0.6) is 0 Å². The van der Waals surface area contributed by atoms with E-state index in [9.17, 15) is 4.79 Å². The molecule has 88 valence electrons. The van der Waals surface area contributed by atoms with Crippen LogP contribution < -0.4 is 0 Å². The third-order valence-corrected chi connectivity index (χ3v) is 2.58. The van der Waals surface area contributed by atoms with Crippen LogP contribution in [0.4, 0.5) is 0 Å². The molecule has 0 N–H and O–H groups in total. The van der Waals surface area contributed by atoms with E-state index in [2.05, 4.69) is 20.9 Å². The van der Waals surface area contributed by atoms with Gasteiger partial charge < -0.3 is 0 Å². The van der Waals surface area contributed by atoms with Gasteiger partial charge in [0.25, 0.3) is 0 Å². The molecule has 17 heavy (non-hydrogen) atoms. The zero-order chi connectivity index (χ0) is 12.5. The van der Waals surface area contributed by atoms with Gasteiger partial charge in [0.05, 0.1) is 0 Å². The molecule has 0 aliphatic rings. The minimum atomic E-state index is 0.192. The van der Waals surface area contributed by atoms with Crippen molar-refractivity contribution < 1.29 is 4.79 Å². The Kier molecular flexibility index (Phi) is 6.18. The van der Waals surface area contributed by atoms with Gasteiger partial charge in [-0.2, -0.15) is 0 Å². The predicted molar refractivity (Wildman–Crippen MR) is 73.0 cm³/mol. The van der Waals surface area contributed by atoms with Crippen LogP contribution in [0.2, 0.25) is 0 Å². The summed E-state index contributed by atoms with van der Waals surface area (Å²) in [4.78, 5) is 14.9. The summed E-state index contributed by atoms with van der Waals surface area (Å²) in [5.41, 5.74) is 0.788. The van der Waals surface area contributed by atoms with E-state index < -0.39 is 0 Å². The van der Waals surface area contributed by atoms with Gasteiger partial charge in [-0.15, -0.1) is 0 Å². The number of pyridine rings is 1. The minimum absolute atomic E-state index is 0.192. The van der Waals surface area contributed by atoms with Crippen LogP contribution in [-0.4, -0.2) is 10.8 Å². The third kappa shape index (κ3) is 5.41. The highest BCUT2D eigenvalue weighted by molar-refractivity contribution is 9.10. The van der Waals surface area contributed by atoms with Crippen molar-refractivity contribution >= 4 is 21.7 Å². The molecule has 0 unspecified atom stereocenters. The number of Topliss-reactive ketones (excluding diaryl/α,β-unsaturated/α-hetero) is 1. The maximum absolute atomic E-state index is 11.1. The summed E-state index contributed by atoms with van der Waals surface area (Å²) < 4.78 is 1.00. The van der Waals surface area contributed by atoms with E-state index in [0.29, 0.717) is 6.42 Å². The van der Waals surface area contributed by atoms with Crippen LogP contribution in [-0.2, 0) is 0 Å². The lowest BCUT2D eigenvalue weighted by Gasteiger charge is -1.96. The van der Waals surface area contributed by atoms with Crippen molar-refractivity contribution in [1.29, 1.82) is 0 Å². The van der Waals surface area contributed by atoms with E-state index in [0.717, 1.165) is 10.0 Å². The van der Waals surface area contributed by atoms with Gasteiger partial charge >= 0.3 is 0 Å². The fraction of sp³-hybridized carbons (Fsp3) is 0.143. The molecule has 0 bridgehead atoms. The number of hydrogen-bond acceptors (Lipinski definition) is 2. The first-order valence-electron chi connectivity index (χ1n) is 5.37. The van der Waals surface area contributed by atoms with Crippen molar-refractivity contribution in [1.82, 2.24) is 4.98 Å². The van der Waals surface area contributed by atoms with Crippen molar-refractivity contribution in [2.45, 2.75) is 13.3 Å². The van der Waals surface area contributed by atoms with E-state index >= 15 is 0 Å². The topological polar surface area (TPSA) is 30.0 Å². The molecular weight excluding hydrogens is 278 g/mol. The quantitative estimate of drug-likeness (QED) is 0.779. The van der Waals surface area contributed by atoms with Crippen LogP contribution in [0.3, 0.4) is 0 Å². The summed E-state index contributed by atoms with van der Waals surface area (Å²) in [6.45, 7) is 1.87. The summed E-state index contributed by atoms with van der Waals surface area (Å²) in [5.74, 6) is 0.192. The lowest BCUT2D eigenvalue weighted by molar-refractivity contribution is 0.0988. The predicted octanol–water partition coefficient (Wildman–Crippen LogP) is 4.12.